The summed E-state index contributed by atoms with van der Waals surface area (Å²) in [6.45, 7) is 1.13. The number of nitro benzene ring substituents is 1. The molecule has 0 aliphatic carbocycles. The highest BCUT2D eigenvalue weighted by Crippen LogP contribution is 2.31. The van der Waals surface area contributed by atoms with Crippen LogP contribution in [0, 0.1) is 10.1 Å². The number of fused-ring (bicyclic) bond motifs is 1. The van der Waals surface area contributed by atoms with Crippen molar-refractivity contribution in [1.82, 2.24) is 9.88 Å². The molecular weight excluding hydrogens is 432 g/mol. The molecule has 0 atom stereocenters. The zero-order valence-corrected chi connectivity index (χ0v) is 17.2. The Hall–Kier alpha value is -2.36. The molecule has 0 aliphatic rings. The molecule has 140 valence electrons. The molecule has 0 fully saturated rings. The molecule has 0 unspecified atom stereocenters. The highest BCUT2D eigenvalue weighted by molar-refractivity contribution is 9.10. The number of anilines is 1. The van der Waals surface area contributed by atoms with Gasteiger partial charge in [-0.15, -0.1) is 0 Å². The minimum atomic E-state index is -0.483. The van der Waals surface area contributed by atoms with Crippen LogP contribution in [-0.4, -0.2) is 47.9 Å². The maximum atomic E-state index is 13.1. The molecule has 27 heavy (non-hydrogen) atoms. The van der Waals surface area contributed by atoms with Gasteiger partial charge in [-0.1, -0.05) is 27.3 Å². The second-order valence-electron chi connectivity index (χ2n) is 6.17. The number of carbonyl (C=O) groups is 1. The SMILES string of the molecule is CN(C)CCN(C(=O)c1ccc([N+](=O)[O-])cc1)c1nc2ccc(Br)cc2s1. The summed E-state index contributed by atoms with van der Waals surface area (Å²) in [4.78, 5) is 31.6. The molecule has 7 nitrogen and oxygen atoms in total. The van der Waals surface area contributed by atoms with E-state index in [1.54, 1.807) is 4.90 Å². The lowest BCUT2D eigenvalue weighted by Gasteiger charge is -2.22. The zero-order valence-electron chi connectivity index (χ0n) is 14.8. The molecule has 1 amide bonds. The Balaban J connectivity index is 1.95. The number of benzene rings is 2. The van der Waals surface area contributed by atoms with Crippen molar-refractivity contribution in [2.24, 2.45) is 0 Å². The largest absolute Gasteiger partial charge is 0.308 e. The minimum Gasteiger partial charge on any atom is -0.308 e. The van der Waals surface area contributed by atoms with Crippen molar-refractivity contribution in [3.63, 3.8) is 0 Å². The van der Waals surface area contributed by atoms with Crippen LogP contribution in [0.15, 0.2) is 46.9 Å². The van der Waals surface area contributed by atoms with Crippen LogP contribution in [0.3, 0.4) is 0 Å². The third-order valence-electron chi connectivity index (χ3n) is 3.91. The maximum absolute atomic E-state index is 13.1. The Morgan fingerprint density at radius 1 is 1.19 bits per heavy atom. The van der Waals surface area contributed by atoms with Gasteiger partial charge < -0.3 is 4.90 Å². The summed E-state index contributed by atoms with van der Waals surface area (Å²) in [6.07, 6.45) is 0. The van der Waals surface area contributed by atoms with E-state index in [1.807, 2.05) is 37.2 Å². The molecule has 0 spiro atoms. The fraction of sp³-hybridized carbons (Fsp3) is 0.222. The Kier molecular flexibility index (Phi) is 5.83. The summed E-state index contributed by atoms with van der Waals surface area (Å²) >= 11 is 4.89. The van der Waals surface area contributed by atoms with Gasteiger partial charge in [-0.3, -0.25) is 19.8 Å². The van der Waals surface area contributed by atoms with E-state index in [9.17, 15) is 14.9 Å². The van der Waals surface area contributed by atoms with Gasteiger partial charge in [-0.2, -0.15) is 0 Å². The standard InChI is InChI=1S/C18H17BrN4O3S/c1-21(2)9-10-22(17(24)12-3-6-14(7-4-12)23(25)26)18-20-15-8-5-13(19)11-16(15)27-18/h3-8,11H,9-10H2,1-2H3. The minimum absolute atomic E-state index is 0.0452. The van der Waals surface area contributed by atoms with Gasteiger partial charge in [0, 0.05) is 35.3 Å². The molecule has 0 aliphatic heterocycles. The summed E-state index contributed by atoms with van der Waals surface area (Å²) in [5.41, 5.74) is 1.17. The van der Waals surface area contributed by atoms with Crippen LogP contribution in [0.5, 0.6) is 0 Å². The van der Waals surface area contributed by atoms with Crippen molar-refractivity contribution in [2.75, 3.05) is 32.1 Å². The van der Waals surface area contributed by atoms with Crippen molar-refractivity contribution in [2.45, 2.75) is 0 Å². The van der Waals surface area contributed by atoms with Crippen LogP contribution in [0.1, 0.15) is 10.4 Å². The molecule has 0 bridgehead atoms. The van der Waals surface area contributed by atoms with E-state index in [-0.39, 0.29) is 11.6 Å². The van der Waals surface area contributed by atoms with Gasteiger partial charge >= 0.3 is 0 Å². The molecule has 0 saturated carbocycles. The van der Waals surface area contributed by atoms with Gasteiger partial charge in [0.05, 0.1) is 15.1 Å². The molecule has 0 N–H and O–H groups in total. The Bertz CT molecular complexity index is 988. The molecule has 1 aromatic heterocycles. The first-order valence-corrected chi connectivity index (χ1v) is 9.73. The van der Waals surface area contributed by atoms with Crippen LogP contribution in [0.4, 0.5) is 10.8 Å². The molecule has 9 heteroatoms. The summed E-state index contributed by atoms with van der Waals surface area (Å²) in [5.74, 6) is -0.232. The number of aromatic nitrogens is 1. The molecule has 1 heterocycles. The van der Waals surface area contributed by atoms with E-state index in [2.05, 4.69) is 20.9 Å². The molecule has 2 aromatic carbocycles. The number of thiazole rings is 1. The van der Waals surface area contributed by atoms with Crippen molar-refractivity contribution < 1.29 is 9.72 Å². The molecule has 0 radical (unpaired) electrons. The number of nitrogens with zero attached hydrogens (tertiary/aromatic N) is 4. The van der Waals surface area contributed by atoms with Crippen LogP contribution in [-0.2, 0) is 0 Å². The summed E-state index contributed by atoms with van der Waals surface area (Å²) in [7, 11) is 3.87. The predicted molar refractivity (Wildman–Crippen MR) is 111 cm³/mol. The lowest BCUT2D eigenvalue weighted by atomic mass is 10.2. The number of rotatable bonds is 6. The number of halogens is 1. The van der Waals surface area contributed by atoms with Gasteiger partial charge in [0.25, 0.3) is 11.6 Å². The summed E-state index contributed by atoms with van der Waals surface area (Å²) in [5, 5.41) is 11.4. The highest BCUT2D eigenvalue weighted by Gasteiger charge is 2.22. The number of nitro groups is 1. The van der Waals surface area contributed by atoms with E-state index in [4.69, 9.17) is 0 Å². The van der Waals surface area contributed by atoms with Gasteiger partial charge in [-0.05, 0) is 44.4 Å². The van der Waals surface area contributed by atoms with Crippen molar-refractivity contribution in [3.8, 4) is 0 Å². The van der Waals surface area contributed by atoms with Crippen LogP contribution in [0.2, 0.25) is 0 Å². The van der Waals surface area contributed by atoms with E-state index in [1.165, 1.54) is 35.6 Å². The monoisotopic (exact) mass is 448 g/mol. The number of amides is 1. The molecule has 0 saturated heterocycles. The quantitative estimate of drug-likeness (QED) is 0.417. The summed E-state index contributed by atoms with van der Waals surface area (Å²) in [6, 6.07) is 11.4. The number of non-ortho nitro benzene ring substituents is 1. The van der Waals surface area contributed by atoms with E-state index in [0.717, 1.165) is 14.7 Å². The first kappa shape index (κ1) is 19.4. The molecule has 3 aromatic rings. The Morgan fingerprint density at radius 2 is 1.89 bits per heavy atom. The van der Waals surface area contributed by atoms with Crippen LogP contribution in [0.25, 0.3) is 10.2 Å². The van der Waals surface area contributed by atoms with Gasteiger partial charge in [0.1, 0.15) is 0 Å². The topological polar surface area (TPSA) is 79.6 Å². The fourth-order valence-corrected chi connectivity index (χ4v) is 4.01. The third-order valence-corrected chi connectivity index (χ3v) is 5.45. The number of hydrogen-bond donors (Lipinski definition) is 0. The second-order valence-corrected chi connectivity index (χ2v) is 8.10. The molecule has 3 rings (SSSR count). The Labute approximate surface area is 168 Å². The number of hydrogen-bond acceptors (Lipinski definition) is 6. The smallest absolute Gasteiger partial charge is 0.269 e. The van der Waals surface area contributed by atoms with Crippen LogP contribution >= 0.6 is 27.3 Å². The van der Waals surface area contributed by atoms with E-state index in [0.29, 0.717) is 23.8 Å². The highest BCUT2D eigenvalue weighted by atomic mass is 79.9. The Morgan fingerprint density at radius 3 is 2.52 bits per heavy atom. The van der Waals surface area contributed by atoms with Gasteiger partial charge in [-0.25, -0.2) is 4.98 Å². The van der Waals surface area contributed by atoms with Gasteiger partial charge in [0.15, 0.2) is 5.13 Å². The van der Waals surface area contributed by atoms with Crippen molar-refractivity contribution >= 4 is 54.2 Å². The average Bonchev–Trinajstić information content (AvgIpc) is 3.04. The fourth-order valence-electron chi connectivity index (χ4n) is 2.47. The molecular formula is C18H17BrN4O3S. The van der Waals surface area contributed by atoms with Gasteiger partial charge in [0.2, 0.25) is 0 Å². The predicted octanol–water partition coefficient (Wildman–Crippen LogP) is 4.18. The van der Waals surface area contributed by atoms with Crippen LogP contribution < -0.4 is 4.90 Å². The lowest BCUT2D eigenvalue weighted by molar-refractivity contribution is -0.384. The van der Waals surface area contributed by atoms with Crippen molar-refractivity contribution in [3.05, 3.63) is 62.6 Å². The number of carbonyl (C=O) groups excluding carboxylic acids is 1. The normalized spacial score (nSPS) is 11.1. The first-order valence-electron chi connectivity index (χ1n) is 8.12. The second kappa shape index (κ2) is 8.12. The zero-order chi connectivity index (χ0) is 19.6. The maximum Gasteiger partial charge on any atom is 0.269 e. The van der Waals surface area contributed by atoms with E-state index >= 15 is 0 Å². The number of likely N-dealkylation sites (N-methyl/N-ethyl adjacent to an activating group) is 1. The summed E-state index contributed by atoms with van der Waals surface area (Å²) < 4.78 is 1.93. The van der Waals surface area contributed by atoms with E-state index < -0.39 is 4.92 Å². The third kappa shape index (κ3) is 4.49. The first-order chi connectivity index (χ1) is 12.8. The lowest BCUT2D eigenvalue weighted by Crippen LogP contribution is -2.36. The van der Waals surface area contributed by atoms with Crippen molar-refractivity contribution in [1.29, 1.82) is 0 Å². The average molecular weight is 449 g/mol.